The molecule has 0 aliphatic heterocycles. The quantitative estimate of drug-likeness (QED) is 0.273. The van der Waals surface area contributed by atoms with E-state index in [0.717, 1.165) is 6.42 Å². The number of rotatable bonds is 10. The van der Waals surface area contributed by atoms with Gasteiger partial charge in [0.2, 0.25) is 0 Å². The summed E-state index contributed by atoms with van der Waals surface area (Å²) in [5.74, 6) is -2.09. The summed E-state index contributed by atoms with van der Waals surface area (Å²) < 4.78 is 63.9. The van der Waals surface area contributed by atoms with Gasteiger partial charge in [-0.1, -0.05) is 38.0 Å². The van der Waals surface area contributed by atoms with Crippen LogP contribution >= 0.6 is 0 Å². The maximum Gasteiger partial charge on any atom is 0.392 e. The molecule has 2 N–H and O–H groups in total. The molecule has 0 saturated carbocycles. The standard InChI is InChI=1S/C26H30F4N2O/c1-25(13-6-3-7-14-31,21-17-19(27)10-11-23(21)33-2)24(26(28,29)30)16-18-12-15-32-22-9-5-4-8-20(18)22/h4-5,8-12,15,17,24H,3,6-7,13-14,16,31H2,1-2H3. The van der Waals surface area contributed by atoms with Gasteiger partial charge in [-0.3, -0.25) is 4.98 Å². The molecule has 1 aromatic heterocycles. The van der Waals surface area contributed by atoms with Crippen LogP contribution in [0.1, 0.15) is 43.7 Å². The molecule has 0 fully saturated rings. The van der Waals surface area contributed by atoms with Crippen LogP contribution in [0.25, 0.3) is 10.9 Å². The van der Waals surface area contributed by atoms with Crippen molar-refractivity contribution in [2.24, 2.45) is 11.7 Å². The molecule has 0 spiro atoms. The first kappa shape index (κ1) is 25.0. The molecule has 3 nitrogen and oxygen atoms in total. The minimum atomic E-state index is -4.52. The van der Waals surface area contributed by atoms with E-state index in [9.17, 15) is 17.6 Å². The molecule has 3 rings (SSSR count). The van der Waals surface area contributed by atoms with Crippen LogP contribution in [0.5, 0.6) is 5.75 Å². The maximum absolute atomic E-state index is 14.7. The van der Waals surface area contributed by atoms with Gasteiger partial charge in [-0.05, 0) is 61.7 Å². The van der Waals surface area contributed by atoms with Crippen LogP contribution in [0.15, 0.2) is 54.7 Å². The van der Waals surface area contributed by atoms with E-state index >= 15 is 0 Å². The number of nitrogens with zero attached hydrogens (tertiary/aromatic N) is 1. The number of unbranched alkanes of at least 4 members (excludes halogenated alkanes) is 2. The Morgan fingerprint density at radius 2 is 1.79 bits per heavy atom. The number of methoxy groups -OCH3 is 1. The zero-order chi connectivity index (χ0) is 24.1. The van der Waals surface area contributed by atoms with Gasteiger partial charge in [0, 0.05) is 22.6 Å². The lowest BCUT2D eigenvalue weighted by Crippen LogP contribution is -2.43. The molecule has 3 aromatic rings. The number of aromatic nitrogens is 1. The number of alkyl halides is 3. The van der Waals surface area contributed by atoms with E-state index in [2.05, 4.69) is 4.98 Å². The summed E-state index contributed by atoms with van der Waals surface area (Å²) in [5, 5.41) is 0.686. The summed E-state index contributed by atoms with van der Waals surface area (Å²) in [4.78, 5) is 4.28. The molecule has 2 atom stereocenters. The third-order valence-electron chi connectivity index (χ3n) is 6.50. The van der Waals surface area contributed by atoms with E-state index in [1.807, 2.05) is 0 Å². The molecule has 33 heavy (non-hydrogen) atoms. The van der Waals surface area contributed by atoms with Gasteiger partial charge in [-0.15, -0.1) is 0 Å². The topological polar surface area (TPSA) is 48.1 Å². The SMILES string of the molecule is COc1ccc(F)cc1C(C)(CCCCCN)C(Cc1ccnc2ccccc12)C(F)(F)F. The first-order valence-corrected chi connectivity index (χ1v) is 11.1. The molecule has 0 radical (unpaired) electrons. The third kappa shape index (κ3) is 5.64. The molecule has 2 unspecified atom stereocenters. The summed E-state index contributed by atoms with van der Waals surface area (Å²) in [7, 11) is 1.39. The Morgan fingerprint density at radius 3 is 2.48 bits per heavy atom. The van der Waals surface area contributed by atoms with E-state index < -0.39 is 23.3 Å². The van der Waals surface area contributed by atoms with Crippen molar-refractivity contribution in [3.8, 4) is 5.75 Å². The highest BCUT2D eigenvalue weighted by Gasteiger charge is 2.52. The average molecular weight is 463 g/mol. The van der Waals surface area contributed by atoms with Crippen molar-refractivity contribution in [1.29, 1.82) is 0 Å². The fourth-order valence-corrected chi connectivity index (χ4v) is 4.69. The van der Waals surface area contributed by atoms with Crippen LogP contribution in [0.3, 0.4) is 0 Å². The fraction of sp³-hybridized carbons (Fsp3) is 0.423. The molecular weight excluding hydrogens is 432 g/mol. The molecular formula is C26H30F4N2O. The first-order valence-electron chi connectivity index (χ1n) is 11.1. The van der Waals surface area contributed by atoms with Gasteiger partial charge in [-0.25, -0.2) is 4.39 Å². The lowest BCUT2D eigenvalue weighted by atomic mass is 9.65. The van der Waals surface area contributed by atoms with Crippen LogP contribution in [0.4, 0.5) is 17.6 Å². The van der Waals surface area contributed by atoms with Crippen LogP contribution in [-0.4, -0.2) is 24.8 Å². The Bertz CT molecular complexity index is 1060. The summed E-state index contributed by atoms with van der Waals surface area (Å²) in [5.41, 5.74) is 5.61. The first-order chi connectivity index (χ1) is 15.7. The van der Waals surface area contributed by atoms with Crippen molar-refractivity contribution < 1.29 is 22.3 Å². The molecule has 0 bridgehead atoms. The highest BCUT2D eigenvalue weighted by atomic mass is 19.4. The van der Waals surface area contributed by atoms with Crippen molar-refractivity contribution in [3.05, 3.63) is 71.7 Å². The number of hydrogen-bond donors (Lipinski definition) is 1. The number of para-hydroxylation sites is 1. The molecule has 0 aliphatic carbocycles. The van der Waals surface area contributed by atoms with Gasteiger partial charge >= 0.3 is 6.18 Å². The van der Waals surface area contributed by atoms with Crippen molar-refractivity contribution in [1.82, 2.24) is 4.98 Å². The molecule has 7 heteroatoms. The van der Waals surface area contributed by atoms with Crippen LogP contribution in [0.2, 0.25) is 0 Å². The van der Waals surface area contributed by atoms with Gasteiger partial charge in [0.05, 0.1) is 18.5 Å². The van der Waals surface area contributed by atoms with E-state index in [-0.39, 0.29) is 24.2 Å². The predicted octanol–water partition coefficient (Wildman–Crippen LogP) is 6.58. The lowest BCUT2D eigenvalue weighted by molar-refractivity contribution is -0.193. The minimum Gasteiger partial charge on any atom is -0.496 e. The Balaban J connectivity index is 2.14. The number of pyridine rings is 1. The number of ether oxygens (including phenoxy) is 1. The predicted molar refractivity (Wildman–Crippen MR) is 123 cm³/mol. The Kier molecular flexibility index (Phi) is 7.95. The van der Waals surface area contributed by atoms with E-state index in [1.54, 1.807) is 37.3 Å². The van der Waals surface area contributed by atoms with Gasteiger partial charge in [0.1, 0.15) is 11.6 Å². The highest BCUT2D eigenvalue weighted by molar-refractivity contribution is 5.81. The monoisotopic (exact) mass is 462 g/mol. The van der Waals surface area contributed by atoms with Gasteiger partial charge in [-0.2, -0.15) is 13.2 Å². The Morgan fingerprint density at radius 1 is 1.03 bits per heavy atom. The largest absolute Gasteiger partial charge is 0.496 e. The second-order valence-electron chi connectivity index (χ2n) is 8.65. The third-order valence-corrected chi connectivity index (χ3v) is 6.50. The molecule has 2 aromatic carbocycles. The second-order valence-corrected chi connectivity index (χ2v) is 8.65. The Hall–Kier alpha value is -2.67. The van der Waals surface area contributed by atoms with Crippen molar-refractivity contribution in [3.63, 3.8) is 0 Å². The summed E-state index contributed by atoms with van der Waals surface area (Å²) >= 11 is 0. The zero-order valence-electron chi connectivity index (χ0n) is 19.0. The van der Waals surface area contributed by atoms with Crippen LogP contribution in [-0.2, 0) is 11.8 Å². The highest BCUT2D eigenvalue weighted by Crippen LogP contribution is 2.50. The number of fused-ring (bicyclic) bond motifs is 1. The Labute approximate surface area is 192 Å². The second kappa shape index (κ2) is 10.5. The molecule has 0 aliphatic rings. The fourth-order valence-electron chi connectivity index (χ4n) is 4.69. The van der Waals surface area contributed by atoms with Crippen LogP contribution < -0.4 is 10.5 Å². The normalized spacial score (nSPS) is 14.8. The summed E-state index contributed by atoms with van der Waals surface area (Å²) in [6.07, 6.45) is -1.05. The van der Waals surface area contributed by atoms with E-state index in [4.69, 9.17) is 10.5 Å². The smallest absolute Gasteiger partial charge is 0.392 e. The van der Waals surface area contributed by atoms with Gasteiger partial charge < -0.3 is 10.5 Å². The number of halogens is 4. The van der Waals surface area contributed by atoms with Crippen molar-refractivity contribution >= 4 is 10.9 Å². The molecule has 0 saturated heterocycles. The van der Waals surface area contributed by atoms with Gasteiger partial charge in [0.15, 0.2) is 0 Å². The lowest BCUT2D eigenvalue weighted by Gasteiger charge is -2.40. The zero-order valence-corrected chi connectivity index (χ0v) is 19.0. The van der Waals surface area contributed by atoms with Crippen molar-refractivity contribution in [2.45, 2.75) is 50.6 Å². The maximum atomic E-state index is 14.7. The summed E-state index contributed by atoms with van der Waals surface area (Å²) in [6.45, 7) is 2.06. The number of benzene rings is 2. The van der Waals surface area contributed by atoms with Crippen LogP contribution in [0, 0.1) is 11.7 Å². The number of nitrogens with two attached hydrogens (primary N) is 1. The molecule has 1 heterocycles. The van der Waals surface area contributed by atoms with Crippen molar-refractivity contribution in [2.75, 3.05) is 13.7 Å². The summed E-state index contributed by atoms with van der Waals surface area (Å²) in [6, 6.07) is 12.6. The number of hydrogen-bond acceptors (Lipinski definition) is 3. The van der Waals surface area contributed by atoms with E-state index in [0.29, 0.717) is 35.9 Å². The van der Waals surface area contributed by atoms with Gasteiger partial charge in [0.25, 0.3) is 0 Å². The van der Waals surface area contributed by atoms with E-state index in [1.165, 1.54) is 31.5 Å². The minimum absolute atomic E-state index is 0.222. The molecule has 178 valence electrons. The average Bonchev–Trinajstić information content (AvgIpc) is 2.79. The molecule has 0 amide bonds.